The molecule has 0 radical (unpaired) electrons. The molecular formula is C21H23N7O. The summed E-state index contributed by atoms with van der Waals surface area (Å²) in [7, 11) is 0. The SMILES string of the molecule is CCc1nn(C(C)(C)C)c2c1C(c1ccc(-n3cncn3)cc1)C(C#N)=C(N)O2. The number of nitriles is 1. The lowest BCUT2D eigenvalue weighted by molar-refractivity contribution is 0.277. The molecule has 2 aromatic heterocycles. The molecule has 0 bridgehead atoms. The fraction of sp³-hybridized carbons (Fsp3) is 0.333. The first-order valence-electron chi connectivity index (χ1n) is 9.50. The van der Waals surface area contributed by atoms with Gasteiger partial charge in [0.15, 0.2) is 0 Å². The summed E-state index contributed by atoms with van der Waals surface area (Å²) in [5.74, 6) is 0.397. The van der Waals surface area contributed by atoms with Gasteiger partial charge >= 0.3 is 0 Å². The lowest BCUT2D eigenvalue weighted by Gasteiger charge is -2.28. The number of ether oxygens (including phenoxy) is 1. The lowest BCUT2D eigenvalue weighted by Crippen LogP contribution is -2.27. The largest absolute Gasteiger partial charge is 0.422 e. The van der Waals surface area contributed by atoms with Gasteiger partial charge in [0, 0.05) is 0 Å². The van der Waals surface area contributed by atoms with Gasteiger partial charge in [-0.05, 0) is 44.9 Å². The van der Waals surface area contributed by atoms with Gasteiger partial charge in [-0.3, -0.25) is 0 Å². The zero-order chi connectivity index (χ0) is 20.8. The number of hydrogen-bond acceptors (Lipinski definition) is 6. The number of fused-ring (bicyclic) bond motifs is 1. The van der Waals surface area contributed by atoms with E-state index in [9.17, 15) is 5.26 Å². The van der Waals surface area contributed by atoms with Crippen molar-refractivity contribution in [2.75, 3.05) is 0 Å². The zero-order valence-corrected chi connectivity index (χ0v) is 16.9. The van der Waals surface area contributed by atoms with Crippen molar-refractivity contribution in [2.24, 2.45) is 5.73 Å². The van der Waals surface area contributed by atoms with Gasteiger partial charge in [-0.15, -0.1) is 0 Å². The number of hydrogen-bond donors (Lipinski definition) is 1. The van der Waals surface area contributed by atoms with E-state index in [-0.39, 0.29) is 17.3 Å². The van der Waals surface area contributed by atoms with Gasteiger partial charge in [-0.1, -0.05) is 19.1 Å². The van der Waals surface area contributed by atoms with Gasteiger partial charge in [0.1, 0.15) is 24.3 Å². The lowest BCUT2D eigenvalue weighted by atomic mass is 9.83. The summed E-state index contributed by atoms with van der Waals surface area (Å²) in [6.45, 7) is 8.23. The van der Waals surface area contributed by atoms with E-state index in [1.807, 2.05) is 35.9 Å². The Labute approximate surface area is 169 Å². The van der Waals surface area contributed by atoms with Crippen molar-refractivity contribution < 1.29 is 4.74 Å². The van der Waals surface area contributed by atoms with Crippen molar-refractivity contribution in [1.82, 2.24) is 24.5 Å². The van der Waals surface area contributed by atoms with E-state index in [4.69, 9.17) is 15.6 Å². The van der Waals surface area contributed by atoms with E-state index in [1.54, 1.807) is 11.0 Å². The van der Waals surface area contributed by atoms with E-state index in [0.717, 1.165) is 28.9 Å². The fourth-order valence-electron chi connectivity index (χ4n) is 3.62. The summed E-state index contributed by atoms with van der Waals surface area (Å²) in [6, 6.07) is 10.1. The first-order valence-corrected chi connectivity index (χ1v) is 9.50. The van der Waals surface area contributed by atoms with Crippen molar-refractivity contribution in [1.29, 1.82) is 5.26 Å². The highest BCUT2D eigenvalue weighted by molar-refractivity contribution is 5.56. The third-order valence-corrected chi connectivity index (χ3v) is 5.00. The molecule has 3 aromatic rings. The van der Waals surface area contributed by atoms with Crippen molar-refractivity contribution in [3.05, 3.63) is 65.2 Å². The monoisotopic (exact) mass is 389 g/mol. The van der Waals surface area contributed by atoms with E-state index in [2.05, 4.69) is 36.9 Å². The Morgan fingerprint density at radius 1 is 1.24 bits per heavy atom. The summed E-state index contributed by atoms with van der Waals surface area (Å²) in [4.78, 5) is 3.98. The van der Waals surface area contributed by atoms with Crippen molar-refractivity contribution >= 4 is 0 Å². The Balaban J connectivity index is 1.89. The number of nitrogens with two attached hydrogens (primary N) is 1. The van der Waals surface area contributed by atoms with Crippen LogP contribution in [-0.4, -0.2) is 24.5 Å². The number of rotatable bonds is 3. The van der Waals surface area contributed by atoms with Crippen LogP contribution in [0, 0.1) is 11.3 Å². The molecule has 0 fully saturated rings. The van der Waals surface area contributed by atoms with Gasteiger partial charge in [0.25, 0.3) is 0 Å². The third-order valence-electron chi connectivity index (χ3n) is 5.00. The normalized spacial score (nSPS) is 16.3. The summed E-state index contributed by atoms with van der Waals surface area (Å²) in [5, 5.41) is 18.8. The van der Waals surface area contributed by atoms with Crippen LogP contribution < -0.4 is 10.5 Å². The van der Waals surface area contributed by atoms with Crippen LogP contribution >= 0.6 is 0 Å². The minimum Gasteiger partial charge on any atom is -0.422 e. The van der Waals surface area contributed by atoms with Crippen LogP contribution in [-0.2, 0) is 12.0 Å². The maximum Gasteiger partial charge on any atom is 0.224 e. The Morgan fingerprint density at radius 3 is 2.52 bits per heavy atom. The topological polar surface area (TPSA) is 108 Å². The average Bonchev–Trinajstić information content (AvgIpc) is 3.34. The standard InChI is InChI=1S/C21H23N7O/c1-5-16-18-17(13-6-8-14(9-7-13)27-12-24-11-25-27)15(10-22)19(23)29-20(18)28(26-16)21(2,3)4/h6-9,11-12,17H,5,23H2,1-4H3. The van der Waals surface area contributed by atoms with Gasteiger partial charge in [0.05, 0.1) is 28.4 Å². The Hall–Kier alpha value is -3.60. The molecule has 8 heteroatoms. The molecule has 0 saturated heterocycles. The molecule has 1 aliphatic rings. The van der Waals surface area contributed by atoms with E-state index in [0.29, 0.717) is 11.5 Å². The Bertz CT molecular complexity index is 1110. The molecule has 1 aromatic carbocycles. The second kappa shape index (κ2) is 6.78. The smallest absolute Gasteiger partial charge is 0.224 e. The van der Waals surface area contributed by atoms with Crippen LogP contribution in [0.4, 0.5) is 0 Å². The van der Waals surface area contributed by atoms with Crippen LogP contribution in [0.5, 0.6) is 5.88 Å². The highest BCUT2D eigenvalue weighted by atomic mass is 16.5. The quantitative estimate of drug-likeness (QED) is 0.738. The molecule has 8 nitrogen and oxygen atoms in total. The Kier molecular flexibility index (Phi) is 4.38. The molecule has 0 saturated carbocycles. The summed E-state index contributed by atoms with van der Waals surface area (Å²) in [6.07, 6.45) is 3.86. The second-order valence-corrected chi connectivity index (χ2v) is 7.96. The molecule has 0 amide bonds. The van der Waals surface area contributed by atoms with Gasteiger partial charge in [-0.25, -0.2) is 14.3 Å². The summed E-state index contributed by atoms with van der Waals surface area (Å²) in [5.41, 5.74) is 9.92. The fourth-order valence-corrected chi connectivity index (χ4v) is 3.62. The van der Waals surface area contributed by atoms with Crippen molar-refractivity contribution in [3.63, 3.8) is 0 Å². The highest BCUT2D eigenvalue weighted by Gasteiger charge is 2.38. The summed E-state index contributed by atoms with van der Waals surface area (Å²) >= 11 is 0. The van der Waals surface area contributed by atoms with Crippen LogP contribution in [0.15, 0.2) is 48.4 Å². The second-order valence-electron chi connectivity index (χ2n) is 7.96. The number of nitrogens with zero attached hydrogens (tertiary/aromatic N) is 6. The number of benzene rings is 1. The van der Waals surface area contributed by atoms with E-state index < -0.39 is 0 Å². The minimum atomic E-state index is -0.334. The molecule has 1 aliphatic heterocycles. The molecule has 3 heterocycles. The highest BCUT2D eigenvalue weighted by Crippen LogP contribution is 2.45. The number of aromatic nitrogens is 5. The van der Waals surface area contributed by atoms with Crippen molar-refractivity contribution in [2.45, 2.75) is 45.6 Å². The molecule has 148 valence electrons. The van der Waals surface area contributed by atoms with Crippen LogP contribution in [0.2, 0.25) is 0 Å². The molecular weight excluding hydrogens is 366 g/mol. The average molecular weight is 389 g/mol. The molecule has 4 rings (SSSR count). The molecule has 1 atom stereocenters. The molecule has 29 heavy (non-hydrogen) atoms. The Morgan fingerprint density at radius 2 is 1.97 bits per heavy atom. The van der Waals surface area contributed by atoms with E-state index >= 15 is 0 Å². The molecule has 0 aliphatic carbocycles. The number of aryl methyl sites for hydroxylation is 1. The van der Waals surface area contributed by atoms with Crippen LogP contribution in [0.3, 0.4) is 0 Å². The maximum atomic E-state index is 9.84. The molecule has 0 spiro atoms. The van der Waals surface area contributed by atoms with Gasteiger partial charge in [0.2, 0.25) is 11.8 Å². The third kappa shape index (κ3) is 3.05. The predicted molar refractivity (Wildman–Crippen MR) is 107 cm³/mol. The predicted octanol–water partition coefficient (Wildman–Crippen LogP) is 3.00. The van der Waals surface area contributed by atoms with E-state index in [1.165, 1.54) is 6.33 Å². The molecule has 1 unspecified atom stereocenters. The van der Waals surface area contributed by atoms with Gasteiger partial charge in [-0.2, -0.15) is 15.5 Å². The summed E-state index contributed by atoms with van der Waals surface area (Å²) < 4.78 is 9.47. The zero-order valence-electron chi connectivity index (χ0n) is 16.9. The van der Waals surface area contributed by atoms with Gasteiger partial charge < -0.3 is 10.5 Å². The first-order chi connectivity index (χ1) is 13.8. The number of allylic oxidation sites excluding steroid dienone is 1. The minimum absolute atomic E-state index is 0.124. The maximum absolute atomic E-state index is 9.84. The molecule has 2 N–H and O–H groups in total. The first kappa shape index (κ1) is 18.7. The van der Waals surface area contributed by atoms with Crippen LogP contribution in [0.1, 0.15) is 50.4 Å². The van der Waals surface area contributed by atoms with Crippen molar-refractivity contribution in [3.8, 4) is 17.6 Å². The van der Waals surface area contributed by atoms with Crippen LogP contribution in [0.25, 0.3) is 5.69 Å².